The molecule has 1 heterocycles. The van der Waals surface area contributed by atoms with Gasteiger partial charge in [0.25, 0.3) is 0 Å². The summed E-state index contributed by atoms with van der Waals surface area (Å²) >= 11 is 11.9. The fourth-order valence-corrected chi connectivity index (χ4v) is 2.63. The van der Waals surface area contributed by atoms with Crippen molar-refractivity contribution in [2.75, 3.05) is 13.1 Å². The topological polar surface area (TPSA) is 21.3 Å². The Hall–Kier alpha value is -1.29. The molecule has 0 amide bonds. The fraction of sp³-hybridized carbons (Fsp3) is 0.250. The Morgan fingerprint density at radius 1 is 1.10 bits per heavy atom. The Kier molecular flexibility index (Phi) is 4.34. The molecule has 1 N–H and O–H groups in total. The Morgan fingerprint density at radius 2 is 1.86 bits per heavy atom. The van der Waals surface area contributed by atoms with Crippen molar-refractivity contribution in [3.63, 3.8) is 0 Å². The van der Waals surface area contributed by atoms with Crippen LogP contribution in [0.4, 0.5) is 4.39 Å². The van der Waals surface area contributed by atoms with E-state index in [4.69, 9.17) is 27.9 Å². The molecule has 0 spiro atoms. The molecule has 0 bridgehead atoms. The average Bonchev–Trinajstić information content (AvgIpc) is 2.41. The summed E-state index contributed by atoms with van der Waals surface area (Å²) in [7, 11) is 0. The molecule has 0 aromatic heterocycles. The van der Waals surface area contributed by atoms with E-state index in [0.717, 1.165) is 18.7 Å². The van der Waals surface area contributed by atoms with Crippen LogP contribution in [0.3, 0.4) is 0 Å². The lowest BCUT2D eigenvalue weighted by Crippen LogP contribution is -2.46. The second-order valence-corrected chi connectivity index (χ2v) is 5.88. The van der Waals surface area contributed by atoms with Gasteiger partial charge in [-0.05, 0) is 29.8 Å². The Labute approximate surface area is 132 Å². The number of nitrogens with one attached hydrogen (secondary N) is 1. The van der Waals surface area contributed by atoms with Crippen molar-refractivity contribution in [3.05, 3.63) is 63.9 Å². The van der Waals surface area contributed by atoms with Crippen LogP contribution in [0.5, 0.6) is 5.75 Å². The number of rotatable bonds is 4. The van der Waals surface area contributed by atoms with Crippen LogP contribution in [0, 0.1) is 11.7 Å². The van der Waals surface area contributed by atoms with E-state index in [2.05, 4.69) is 5.32 Å². The fourth-order valence-electron chi connectivity index (χ4n) is 2.33. The van der Waals surface area contributed by atoms with E-state index in [0.29, 0.717) is 10.8 Å². The predicted molar refractivity (Wildman–Crippen MR) is 82.6 cm³/mol. The molecule has 110 valence electrons. The molecule has 3 rings (SSSR count). The van der Waals surface area contributed by atoms with Crippen molar-refractivity contribution in [1.29, 1.82) is 0 Å². The van der Waals surface area contributed by atoms with Gasteiger partial charge in [-0.25, -0.2) is 4.39 Å². The van der Waals surface area contributed by atoms with Crippen LogP contribution in [0.2, 0.25) is 10.0 Å². The molecular weight excluding hydrogens is 312 g/mol. The number of ether oxygens (including phenoxy) is 1. The van der Waals surface area contributed by atoms with Gasteiger partial charge in [-0.3, -0.25) is 0 Å². The van der Waals surface area contributed by atoms with Gasteiger partial charge >= 0.3 is 0 Å². The zero-order chi connectivity index (χ0) is 14.8. The highest BCUT2D eigenvalue weighted by Crippen LogP contribution is 2.35. The summed E-state index contributed by atoms with van der Waals surface area (Å²) in [4.78, 5) is 0. The molecule has 1 saturated heterocycles. The van der Waals surface area contributed by atoms with Crippen molar-refractivity contribution in [1.82, 2.24) is 5.32 Å². The zero-order valence-corrected chi connectivity index (χ0v) is 12.7. The summed E-state index contributed by atoms with van der Waals surface area (Å²) < 4.78 is 19.8. The lowest BCUT2D eigenvalue weighted by molar-refractivity contribution is 0.0991. The van der Waals surface area contributed by atoms with Gasteiger partial charge in [-0.15, -0.1) is 0 Å². The van der Waals surface area contributed by atoms with Gasteiger partial charge < -0.3 is 10.1 Å². The first kappa shape index (κ1) is 14.6. The molecule has 2 nitrogen and oxygen atoms in total. The third kappa shape index (κ3) is 3.15. The monoisotopic (exact) mass is 325 g/mol. The van der Waals surface area contributed by atoms with E-state index >= 15 is 0 Å². The molecule has 1 atom stereocenters. The summed E-state index contributed by atoms with van der Waals surface area (Å²) in [6.45, 7) is 1.67. The van der Waals surface area contributed by atoms with E-state index < -0.39 is 5.82 Å². The first-order valence-electron chi connectivity index (χ1n) is 6.72. The third-order valence-corrected chi connectivity index (χ3v) is 4.22. The van der Waals surface area contributed by atoms with Gasteiger partial charge in [0.1, 0.15) is 17.7 Å². The van der Waals surface area contributed by atoms with Crippen molar-refractivity contribution in [3.8, 4) is 5.75 Å². The Morgan fingerprint density at radius 3 is 2.48 bits per heavy atom. The maximum atomic E-state index is 13.7. The molecular formula is C16H14Cl2FNO. The molecule has 0 aliphatic carbocycles. The maximum absolute atomic E-state index is 13.7. The highest BCUT2D eigenvalue weighted by atomic mass is 35.5. The van der Waals surface area contributed by atoms with Crippen LogP contribution >= 0.6 is 23.2 Å². The number of hydrogen-bond donors (Lipinski definition) is 1. The molecule has 5 heteroatoms. The SMILES string of the molecule is Fc1cc([C@@H](Oc2ccccc2Cl)C2CNC2)ccc1Cl. The van der Waals surface area contributed by atoms with Crippen molar-refractivity contribution in [2.45, 2.75) is 6.10 Å². The Balaban J connectivity index is 1.90. The van der Waals surface area contributed by atoms with Crippen LogP contribution in [-0.4, -0.2) is 13.1 Å². The second kappa shape index (κ2) is 6.22. The summed E-state index contributed by atoms with van der Waals surface area (Å²) in [5, 5.41) is 3.86. The number of para-hydroxylation sites is 1. The van der Waals surface area contributed by atoms with Crippen molar-refractivity contribution in [2.24, 2.45) is 5.92 Å². The highest BCUT2D eigenvalue weighted by Gasteiger charge is 2.31. The molecule has 21 heavy (non-hydrogen) atoms. The average molecular weight is 326 g/mol. The lowest BCUT2D eigenvalue weighted by atomic mass is 9.90. The van der Waals surface area contributed by atoms with Gasteiger partial charge in [-0.1, -0.05) is 41.4 Å². The summed E-state index contributed by atoms with van der Waals surface area (Å²) in [5.41, 5.74) is 0.767. The quantitative estimate of drug-likeness (QED) is 0.895. The van der Waals surface area contributed by atoms with Gasteiger partial charge in [0.2, 0.25) is 0 Å². The van der Waals surface area contributed by atoms with Gasteiger partial charge in [-0.2, -0.15) is 0 Å². The molecule has 1 fully saturated rings. The van der Waals surface area contributed by atoms with Crippen LogP contribution in [-0.2, 0) is 0 Å². The van der Waals surface area contributed by atoms with E-state index in [9.17, 15) is 4.39 Å². The minimum Gasteiger partial charge on any atom is -0.484 e. The number of hydrogen-bond acceptors (Lipinski definition) is 2. The second-order valence-electron chi connectivity index (χ2n) is 5.06. The third-order valence-electron chi connectivity index (χ3n) is 3.60. The number of halogens is 3. The van der Waals surface area contributed by atoms with E-state index in [1.807, 2.05) is 18.2 Å². The molecule has 2 aromatic carbocycles. The summed E-state index contributed by atoms with van der Waals surface area (Å²) in [6, 6.07) is 12.1. The van der Waals surface area contributed by atoms with Crippen LogP contribution < -0.4 is 10.1 Å². The minimum absolute atomic E-state index is 0.113. The maximum Gasteiger partial charge on any atom is 0.142 e. The van der Waals surface area contributed by atoms with E-state index in [1.165, 1.54) is 6.07 Å². The smallest absolute Gasteiger partial charge is 0.142 e. The first-order chi connectivity index (χ1) is 10.1. The lowest BCUT2D eigenvalue weighted by Gasteiger charge is -2.35. The summed E-state index contributed by atoms with van der Waals surface area (Å²) in [5.74, 6) is 0.447. The normalized spacial score (nSPS) is 16.3. The van der Waals surface area contributed by atoms with Gasteiger partial charge in [0.05, 0.1) is 10.0 Å². The largest absolute Gasteiger partial charge is 0.484 e. The van der Waals surface area contributed by atoms with Crippen LogP contribution in [0.1, 0.15) is 11.7 Å². The first-order valence-corrected chi connectivity index (χ1v) is 7.47. The molecule has 1 aliphatic heterocycles. The Bertz CT molecular complexity index is 646. The van der Waals surface area contributed by atoms with E-state index in [1.54, 1.807) is 18.2 Å². The standard InChI is InChI=1S/C16H14Cl2FNO/c17-12-6-5-10(7-14(12)19)16(11-8-20-9-11)21-15-4-2-1-3-13(15)18/h1-7,11,16,20H,8-9H2/t16-/m1/s1. The van der Waals surface area contributed by atoms with Gasteiger partial charge in [0, 0.05) is 19.0 Å². The van der Waals surface area contributed by atoms with Crippen molar-refractivity contribution >= 4 is 23.2 Å². The highest BCUT2D eigenvalue weighted by molar-refractivity contribution is 6.32. The molecule has 0 unspecified atom stereocenters. The number of benzene rings is 2. The summed E-state index contributed by atoms with van der Waals surface area (Å²) in [6.07, 6.45) is -0.252. The van der Waals surface area contributed by atoms with Crippen molar-refractivity contribution < 1.29 is 9.13 Å². The van der Waals surface area contributed by atoms with E-state index in [-0.39, 0.29) is 17.0 Å². The molecule has 2 aromatic rings. The van der Waals surface area contributed by atoms with Gasteiger partial charge in [0.15, 0.2) is 0 Å². The van der Waals surface area contributed by atoms with Crippen LogP contribution in [0.25, 0.3) is 0 Å². The predicted octanol–water partition coefficient (Wildman–Crippen LogP) is 4.47. The molecule has 0 saturated carbocycles. The molecule has 0 radical (unpaired) electrons. The van der Waals surface area contributed by atoms with Crippen LogP contribution in [0.15, 0.2) is 42.5 Å². The minimum atomic E-state index is -0.436. The zero-order valence-electron chi connectivity index (χ0n) is 11.2. The molecule has 1 aliphatic rings.